The smallest absolute Gasteiger partial charge is 0.306 e. The van der Waals surface area contributed by atoms with Gasteiger partial charge < -0.3 is 14.2 Å². The lowest BCUT2D eigenvalue weighted by molar-refractivity contribution is -0.167. The lowest BCUT2D eigenvalue weighted by atomic mass is 10.0. The molecule has 0 N–H and O–H groups in total. The van der Waals surface area contributed by atoms with E-state index in [-0.39, 0.29) is 31.1 Å². The van der Waals surface area contributed by atoms with Crippen LogP contribution in [0.1, 0.15) is 317 Å². The number of ether oxygens (including phenoxy) is 3. The van der Waals surface area contributed by atoms with Crippen LogP contribution in [-0.4, -0.2) is 37.2 Å². The van der Waals surface area contributed by atoms with Gasteiger partial charge >= 0.3 is 17.9 Å². The minimum Gasteiger partial charge on any atom is -0.462 e. The van der Waals surface area contributed by atoms with Crippen LogP contribution < -0.4 is 0 Å². The van der Waals surface area contributed by atoms with E-state index in [0.29, 0.717) is 19.3 Å². The van der Waals surface area contributed by atoms with E-state index in [2.05, 4.69) is 34.6 Å². The van der Waals surface area contributed by atoms with Gasteiger partial charge in [-0.25, -0.2) is 0 Å². The van der Waals surface area contributed by atoms with Crippen molar-refractivity contribution in [2.75, 3.05) is 13.2 Å². The molecule has 0 bridgehead atoms. The van der Waals surface area contributed by atoms with Crippen molar-refractivity contribution in [1.82, 2.24) is 0 Å². The molecule has 6 heteroatoms. The molecule has 0 unspecified atom stereocenters. The van der Waals surface area contributed by atoms with Crippen LogP contribution in [-0.2, 0) is 28.6 Å². The lowest BCUT2D eigenvalue weighted by Crippen LogP contribution is -2.30. The van der Waals surface area contributed by atoms with Crippen molar-refractivity contribution in [2.45, 2.75) is 323 Å². The average molecular weight is 892 g/mol. The van der Waals surface area contributed by atoms with Crippen molar-refractivity contribution >= 4 is 17.9 Å². The summed E-state index contributed by atoms with van der Waals surface area (Å²) in [5.41, 5.74) is 0. The van der Waals surface area contributed by atoms with E-state index in [1.807, 2.05) is 0 Å². The van der Waals surface area contributed by atoms with Gasteiger partial charge in [0.15, 0.2) is 6.10 Å². The highest BCUT2D eigenvalue weighted by Gasteiger charge is 2.19. The number of hydrogen-bond acceptors (Lipinski definition) is 6. The summed E-state index contributed by atoms with van der Waals surface area (Å²) in [6.45, 7) is 11.4. The van der Waals surface area contributed by atoms with Crippen LogP contribution >= 0.6 is 0 Å². The molecule has 63 heavy (non-hydrogen) atoms. The number of carbonyl (C=O) groups excluding carboxylic acids is 3. The number of esters is 3. The maximum Gasteiger partial charge on any atom is 0.306 e. The fourth-order valence-electron chi connectivity index (χ4n) is 8.70. The second kappa shape index (κ2) is 49.8. The van der Waals surface area contributed by atoms with E-state index in [1.165, 1.54) is 205 Å². The molecule has 0 aromatic rings. The van der Waals surface area contributed by atoms with Gasteiger partial charge in [0.2, 0.25) is 0 Å². The normalized spacial score (nSPS) is 12.0. The Morgan fingerprint density at radius 2 is 0.524 bits per heavy atom. The first-order chi connectivity index (χ1) is 30.7. The Morgan fingerprint density at radius 3 is 0.778 bits per heavy atom. The van der Waals surface area contributed by atoms with Crippen LogP contribution in [0.5, 0.6) is 0 Å². The average Bonchev–Trinajstić information content (AvgIpc) is 3.25. The monoisotopic (exact) mass is 891 g/mol. The molecule has 0 saturated carbocycles. The first-order valence-corrected chi connectivity index (χ1v) is 28.2. The molecular weight excluding hydrogens is 781 g/mol. The van der Waals surface area contributed by atoms with Crippen molar-refractivity contribution < 1.29 is 28.6 Å². The summed E-state index contributed by atoms with van der Waals surface area (Å²) in [7, 11) is 0. The van der Waals surface area contributed by atoms with Gasteiger partial charge in [0.1, 0.15) is 13.2 Å². The van der Waals surface area contributed by atoms with Gasteiger partial charge in [-0.15, -0.1) is 0 Å². The maximum atomic E-state index is 12.8. The van der Waals surface area contributed by atoms with E-state index >= 15 is 0 Å². The number of carbonyl (C=O) groups is 3. The highest BCUT2D eigenvalue weighted by Crippen LogP contribution is 2.18. The first kappa shape index (κ1) is 61.4. The fourth-order valence-corrected chi connectivity index (χ4v) is 8.70. The van der Waals surface area contributed by atoms with Gasteiger partial charge in [-0.2, -0.15) is 0 Å². The maximum absolute atomic E-state index is 12.8. The zero-order chi connectivity index (χ0) is 46.1. The van der Waals surface area contributed by atoms with Gasteiger partial charge in [-0.05, 0) is 31.1 Å². The second-order valence-electron chi connectivity index (χ2n) is 20.5. The Kier molecular flexibility index (Phi) is 48.6. The van der Waals surface area contributed by atoms with E-state index in [1.54, 1.807) is 0 Å². The standard InChI is InChI=1S/C57H110O6/c1-6-7-8-9-10-11-12-22-29-34-39-44-49-57(60)63-54(51-62-56(59)48-43-38-33-28-24-19-21-26-31-36-41-46-53(4)5)50-61-55(58)47-42-37-32-27-23-18-16-14-13-15-17-20-25-30-35-40-45-52(2)3/h52-54H,6-51H2,1-5H3/t54-/m1/s1. The van der Waals surface area contributed by atoms with E-state index in [0.717, 1.165) is 69.6 Å². The van der Waals surface area contributed by atoms with E-state index in [9.17, 15) is 14.4 Å². The topological polar surface area (TPSA) is 78.9 Å². The summed E-state index contributed by atoms with van der Waals surface area (Å²) in [5, 5.41) is 0. The summed E-state index contributed by atoms with van der Waals surface area (Å²) in [5.74, 6) is 0.838. The van der Waals surface area contributed by atoms with Crippen molar-refractivity contribution in [3.05, 3.63) is 0 Å². The highest BCUT2D eigenvalue weighted by molar-refractivity contribution is 5.71. The van der Waals surface area contributed by atoms with Gasteiger partial charge in [0, 0.05) is 19.3 Å². The summed E-state index contributed by atoms with van der Waals surface area (Å²) >= 11 is 0. The third-order valence-corrected chi connectivity index (χ3v) is 13.0. The predicted octanol–water partition coefficient (Wildman–Crippen LogP) is 18.5. The van der Waals surface area contributed by atoms with Crippen LogP contribution in [0.2, 0.25) is 0 Å². The molecule has 1 atom stereocenters. The molecule has 0 aliphatic carbocycles. The van der Waals surface area contributed by atoms with Gasteiger partial charge in [-0.1, -0.05) is 279 Å². The largest absolute Gasteiger partial charge is 0.462 e. The molecule has 0 saturated heterocycles. The zero-order valence-corrected chi connectivity index (χ0v) is 43.2. The zero-order valence-electron chi connectivity index (χ0n) is 43.2. The fraction of sp³-hybridized carbons (Fsp3) is 0.947. The Balaban J connectivity index is 4.25. The molecule has 0 aliphatic heterocycles. The molecule has 0 radical (unpaired) electrons. The quantitative estimate of drug-likeness (QED) is 0.0344. The van der Waals surface area contributed by atoms with Gasteiger partial charge in [0.05, 0.1) is 0 Å². The van der Waals surface area contributed by atoms with Gasteiger partial charge in [-0.3, -0.25) is 14.4 Å². The molecule has 0 aromatic carbocycles. The first-order valence-electron chi connectivity index (χ1n) is 28.2. The molecule has 0 rings (SSSR count). The van der Waals surface area contributed by atoms with Crippen molar-refractivity contribution in [3.8, 4) is 0 Å². The number of rotatable bonds is 51. The SMILES string of the molecule is CCCCCCCCCCCCCCC(=O)O[C@H](COC(=O)CCCCCCCCCCCCCCCCCCC(C)C)COC(=O)CCCCCCCCCCCCCC(C)C. The minimum absolute atomic E-state index is 0.0628. The molecule has 0 heterocycles. The predicted molar refractivity (Wildman–Crippen MR) is 270 cm³/mol. The Morgan fingerprint density at radius 1 is 0.302 bits per heavy atom. The van der Waals surface area contributed by atoms with Crippen LogP contribution in [0, 0.1) is 11.8 Å². The molecule has 0 aromatic heterocycles. The molecule has 0 fully saturated rings. The third-order valence-electron chi connectivity index (χ3n) is 13.0. The lowest BCUT2D eigenvalue weighted by Gasteiger charge is -2.18. The summed E-state index contributed by atoms with van der Waals surface area (Å²) in [6.07, 6.45) is 52.3. The Hall–Kier alpha value is -1.59. The summed E-state index contributed by atoms with van der Waals surface area (Å²) in [6, 6.07) is 0. The summed E-state index contributed by atoms with van der Waals surface area (Å²) < 4.78 is 16.9. The summed E-state index contributed by atoms with van der Waals surface area (Å²) in [4.78, 5) is 38.1. The molecule has 6 nitrogen and oxygen atoms in total. The van der Waals surface area contributed by atoms with Crippen LogP contribution in [0.3, 0.4) is 0 Å². The molecule has 0 amide bonds. The van der Waals surface area contributed by atoms with Crippen LogP contribution in [0.25, 0.3) is 0 Å². The number of unbranched alkanes of at least 4 members (excludes halogenated alkanes) is 36. The highest BCUT2D eigenvalue weighted by atomic mass is 16.6. The molecule has 0 spiro atoms. The van der Waals surface area contributed by atoms with Gasteiger partial charge in [0.25, 0.3) is 0 Å². The second-order valence-corrected chi connectivity index (χ2v) is 20.5. The molecule has 374 valence electrons. The van der Waals surface area contributed by atoms with E-state index < -0.39 is 6.10 Å². The van der Waals surface area contributed by atoms with Crippen LogP contribution in [0.4, 0.5) is 0 Å². The van der Waals surface area contributed by atoms with Crippen molar-refractivity contribution in [3.63, 3.8) is 0 Å². The van der Waals surface area contributed by atoms with Crippen molar-refractivity contribution in [1.29, 1.82) is 0 Å². The Labute approximate surface area is 393 Å². The van der Waals surface area contributed by atoms with E-state index in [4.69, 9.17) is 14.2 Å². The third kappa shape index (κ3) is 51.3. The minimum atomic E-state index is -0.762. The van der Waals surface area contributed by atoms with Crippen LogP contribution in [0.15, 0.2) is 0 Å². The Bertz CT molecular complexity index is 962. The molecular formula is C57H110O6. The van der Waals surface area contributed by atoms with Crippen molar-refractivity contribution in [2.24, 2.45) is 11.8 Å². The molecule has 0 aliphatic rings. The number of hydrogen-bond donors (Lipinski definition) is 0.